The van der Waals surface area contributed by atoms with Crippen molar-refractivity contribution in [2.75, 3.05) is 13.2 Å². The van der Waals surface area contributed by atoms with Crippen LogP contribution in [0.15, 0.2) is 4.52 Å². The summed E-state index contributed by atoms with van der Waals surface area (Å²) in [5.41, 5.74) is 0. The van der Waals surface area contributed by atoms with Gasteiger partial charge in [0.25, 0.3) is 0 Å². The molecule has 20 heavy (non-hydrogen) atoms. The quantitative estimate of drug-likeness (QED) is 0.770. The van der Waals surface area contributed by atoms with Crippen LogP contribution in [0.3, 0.4) is 0 Å². The number of nitrogens with zero attached hydrogens (tertiary/aromatic N) is 3. The predicted octanol–water partition coefficient (Wildman–Crippen LogP) is 2.11. The Balaban J connectivity index is 2.02. The van der Waals surface area contributed by atoms with Crippen LogP contribution >= 0.6 is 0 Å². The van der Waals surface area contributed by atoms with Crippen LogP contribution < -0.4 is 0 Å². The monoisotopic (exact) mass is 281 g/mol. The van der Waals surface area contributed by atoms with E-state index in [4.69, 9.17) is 9.26 Å². The molecule has 0 N–H and O–H groups in total. The Hall–Kier alpha value is -1.43. The Morgan fingerprint density at radius 3 is 2.95 bits per heavy atom. The first-order valence-electron chi connectivity index (χ1n) is 7.35. The van der Waals surface area contributed by atoms with Crippen molar-refractivity contribution < 1.29 is 14.1 Å². The van der Waals surface area contributed by atoms with Crippen molar-refractivity contribution in [3.63, 3.8) is 0 Å². The molecule has 1 fully saturated rings. The molecule has 6 heteroatoms. The third-order valence-electron chi connectivity index (χ3n) is 3.51. The first-order valence-corrected chi connectivity index (χ1v) is 7.35. The largest absolute Gasteiger partial charge is 0.465 e. The number of carbonyl (C=O) groups excluding carboxylic acids is 1. The smallest absolute Gasteiger partial charge is 0.323 e. The maximum atomic E-state index is 12.0. The van der Waals surface area contributed by atoms with Gasteiger partial charge in [-0.2, -0.15) is 4.98 Å². The predicted molar refractivity (Wildman–Crippen MR) is 73.1 cm³/mol. The second kappa shape index (κ2) is 6.83. The van der Waals surface area contributed by atoms with Gasteiger partial charge in [-0.1, -0.05) is 25.4 Å². The van der Waals surface area contributed by atoms with Gasteiger partial charge in [-0.25, -0.2) is 0 Å². The molecule has 0 saturated carbocycles. The zero-order valence-electron chi connectivity index (χ0n) is 12.5. The van der Waals surface area contributed by atoms with Crippen LogP contribution in [-0.4, -0.2) is 40.2 Å². The molecule has 0 aliphatic carbocycles. The van der Waals surface area contributed by atoms with Gasteiger partial charge in [0.15, 0.2) is 5.82 Å². The molecule has 1 aliphatic rings. The number of piperidine rings is 1. The van der Waals surface area contributed by atoms with Crippen molar-refractivity contribution in [3.05, 3.63) is 11.7 Å². The molecule has 0 bridgehead atoms. The van der Waals surface area contributed by atoms with Gasteiger partial charge in [-0.15, -0.1) is 0 Å². The van der Waals surface area contributed by atoms with Crippen LogP contribution in [0.1, 0.15) is 57.7 Å². The molecule has 0 amide bonds. The lowest BCUT2D eigenvalue weighted by Gasteiger charge is -2.32. The summed E-state index contributed by atoms with van der Waals surface area (Å²) in [4.78, 5) is 18.4. The van der Waals surface area contributed by atoms with Gasteiger partial charge in [-0.3, -0.25) is 9.69 Å². The molecule has 112 valence electrons. The van der Waals surface area contributed by atoms with Crippen molar-refractivity contribution >= 4 is 5.97 Å². The lowest BCUT2D eigenvalue weighted by molar-refractivity contribution is -0.151. The van der Waals surface area contributed by atoms with Crippen LogP contribution in [0.4, 0.5) is 0 Å². The Morgan fingerprint density at radius 1 is 1.50 bits per heavy atom. The van der Waals surface area contributed by atoms with Gasteiger partial charge >= 0.3 is 5.97 Å². The molecule has 0 radical (unpaired) electrons. The zero-order valence-corrected chi connectivity index (χ0v) is 12.5. The fraction of sp³-hybridized carbons (Fsp3) is 0.786. The fourth-order valence-electron chi connectivity index (χ4n) is 2.43. The number of carbonyl (C=O) groups is 1. The molecule has 0 spiro atoms. The van der Waals surface area contributed by atoms with E-state index in [0.717, 1.165) is 25.8 Å². The summed E-state index contributed by atoms with van der Waals surface area (Å²) in [6.07, 6.45) is 2.98. The minimum atomic E-state index is -0.182. The molecule has 6 nitrogen and oxygen atoms in total. The summed E-state index contributed by atoms with van der Waals surface area (Å²) < 4.78 is 10.4. The maximum Gasteiger partial charge on any atom is 0.323 e. The average molecular weight is 281 g/mol. The van der Waals surface area contributed by atoms with Crippen LogP contribution in [0.2, 0.25) is 0 Å². The number of aromatic nitrogens is 2. The number of ether oxygens (including phenoxy) is 1. The molecule has 1 aliphatic heterocycles. The number of likely N-dealkylation sites (tertiary alicyclic amines) is 1. The van der Waals surface area contributed by atoms with Crippen molar-refractivity contribution in [1.82, 2.24) is 15.0 Å². The average Bonchev–Trinajstić information content (AvgIpc) is 2.88. The third-order valence-corrected chi connectivity index (χ3v) is 3.51. The summed E-state index contributed by atoms with van der Waals surface area (Å²) in [5, 5.41) is 3.96. The van der Waals surface area contributed by atoms with E-state index in [1.165, 1.54) is 0 Å². The van der Waals surface area contributed by atoms with Crippen molar-refractivity contribution in [2.45, 2.75) is 58.5 Å². The lowest BCUT2D eigenvalue weighted by Crippen LogP contribution is -2.45. The first-order chi connectivity index (χ1) is 9.61. The minimum absolute atomic E-state index is 0.143. The Labute approximate surface area is 119 Å². The molecule has 1 aromatic heterocycles. The topological polar surface area (TPSA) is 68.5 Å². The highest BCUT2D eigenvalue weighted by Gasteiger charge is 2.31. The molecule has 2 rings (SSSR count). The lowest BCUT2D eigenvalue weighted by atomic mass is 10.0. The maximum absolute atomic E-state index is 12.0. The highest BCUT2D eigenvalue weighted by molar-refractivity contribution is 5.75. The molecule has 1 saturated heterocycles. The second-order valence-electron chi connectivity index (χ2n) is 5.44. The molecular weight excluding hydrogens is 258 g/mol. The summed E-state index contributed by atoms with van der Waals surface area (Å²) >= 11 is 0. The molecule has 2 heterocycles. The van der Waals surface area contributed by atoms with Crippen LogP contribution in [-0.2, 0) is 16.1 Å². The van der Waals surface area contributed by atoms with E-state index in [1.807, 2.05) is 20.8 Å². The van der Waals surface area contributed by atoms with E-state index >= 15 is 0 Å². The third kappa shape index (κ3) is 3.56. The summed E-state index contributed by atoms with van der Waals surface area (Å²) in [5.74, 6) is 1.39. The molecule has 1 aromatic rings. The number of hydrogen-bond donors (Lipinski definition) is 0. The Bertz CT molecular complexity index is 445. The zero-order chi connectivity index (χ0) is 14.5. The van der Waals surface area contributed by atoms with Crippen LogP contribution in [0, 0.1) is 0 Å². The summed E-state index contributed by atoms with van der Waals surface area (Å²) in [6.45, 7) is 7.68. The van der Waals surface area contributed by atoms with E-state index in [1.54, 1.807) is 0 Å². The van der Waals surface area contributed by atoms with Crippen molar-refractivity contribution in [2.24, 2.45) is 0 Å². The van der Waals surface area contributed by atoms with Gasteiger partial charge in [0.1, 0.15) is 6.04 Å². The SMILES string of the molecule is CCOC(=O)C1CCCCN1Cc1nc(C(C)C)no1. The fourth-order valence-corrected chi connectivity index (χ4v) is 2.43. The second-order valence-corrected chi connectivity index (χ2v) is 5.44. The van der Waals surface area contributed by atoms with E-state index in [-0.39, 0.29) is 17.9 Å². The van der Waals surface area contributed by atoms with Crippen LogP contribution in [0.5, 0.6) is 0 Å². The molecule has 1 unspecified atom stereocenters. The summed E-state index contributed by atoms with van der Waals surface area (Å²) in [7, 11) is 0. The van der Waals surface area contributed by atoms with E-state index in [9.17, 15) is 4.79 Å². The normalized spacial score (nSPS) is 20.3. The number of hydrogen-bond acceptors (Lipinski definition) is 6. The van der Waals surface area contributed by atoms with E-state index in [0.29, 0.717) is 24.9 Å². The van der Waals surface area contributed by atoms with Crippen molar-refractivity contribution in [1.29, 1.82) is 0 Å². The molecular formula is C14H23N3O3. The van der Waals surface area contributed by atoms with Gasteiger partial charge < -0.3 is 9.26 Å². The number of rotatable bonds is 5. The highest BCUT2D eigenvalue weighted by atomic mass is 16.5. The number of esters is 1. The summed E-state index contributed by atoms with van der Waals surface area (Å²) in [6, 6.07) is -0.182. The van der Waals surface area contributed by atoms with Gasteiger partial charge in [-0.05, 0) is 26.3 Å². The highest BCUT2D eigenvalue weighted by Crippen LogP contribution is 2.21. The molecule has 0 aromatic carbocycles. The van der Waals surface area contributed by atoms with Gasteiger partial charge in [0, 0.05) is 5.92 Å². The van der Waals surface area contributed by atoms with E-state index < -0.39 is 0 Å². The Kier molecular flexibility index (Phi) is 5.11. The Morgan fingerprint density at radius 2 is 2.30 bits per heavy atom. The van der Waals surface area contributed by atoms with E-state index in [2.05, 4.69) is 15.0 Å². The van der Waals surface area contributed by atoms with Crippen molar-refractivity contribution in [3.8, 4) is 0 Å². The molecule has 1 atom stereocenters. The first kappa shape index (κ1) is 15.0. The standard InChI is InChI=1S/C14H23N3O3/c1-4-19-14(18)11-7-5-6-8-17(11)9-12-15-13(10(2)3)16-20-12/h10-11H,4-9H2,1-3H3. The van der Waals surface area contributed by atoms with Gasteiger partial charge in [0.2, 0.25) is 5.89 Å². The van der Waals surface area contributed by atoms with Gasteiger partial charge in [0.05, 0.1) is 13.2 Å². The minimum Gasteiger partial charge on any atom is -0.465 e. The van der Waals surface area contributed by atoms with Crippen LogP contribution in [0.25, 0.3) is 0 Å².